The smallest absolute Gasteiger partial charge is 0.144 e. The Bertz CT molecular complexity index is 410. The van der Waals surface area contributed by atoms with Gasteiger partial charge in [-0.15, -0.1) is 0 Å². The van der Waals surface area contributed by atoms with Gasteiger partial charge in [0.25, 0.3) is 0 Å². The molecular formula is C16H26ClNO2. The molecule has 3 nitrogen and oxygen atoms in total. The molecular weight excluding hydrogens is 274 g/mol. The van der Waals surface area contributed by atoms with Crippen molar-refractivity contribution in [1.29, 1.82) is 0 Å². The summed E-state index contributed by atoms with van der Waals surface area (Å²) in [6.07, 6.45) is 3.30. The maximum absolute atomic E-state index is 6.27. The summed E-state index contributed by atoms with van der Waals surface area (Å²) in [7, 11) is 3.27. The van der Waals surface area contributed by atoms with Crippen molar-refractivity contribution in [3.8, 4) is 11.5 Å². The first kappa shape index (κ1) is 17.1. The number of halogens is 1. The molecule has 0 heterocycles. The lowest BCUT2D eigenvalue weighted by atomic mass is 9.97. The van der Waals surface area contributed by atoms with Crippen LogP contribution in [-0.4, -0.2) is 27.3 Å². The van der Waals surface area contributed by atoms with E-state index >= 15 is 0 Å². The molecule has 1 aromatic carbocycles. The molecule has 0 bridgehead atoms. The Morgan fingerprint density at radius 2 is 1.95 bits per heavy atom. The highest BCUT2D eigenvalue weighted by Gasteiger charge is 2.13. The van der Waals surface area contributed by atoms with Crippen molar-refractivity contribution in [2.75, 3.05) is 27.3 Å². The Balaban J connectivity index is 2.61. The van der Waals surface area contributed by atoms with Crippen LogP contribution in [0.15, 0.2) is 12.1 Å². The Hall–Kier alpha value is -0.930. The van der Waals surface area contributed by atoms with Gasteiger partial charge in [0.05, 0.1) is 14.2 Å². The molecule has 0 aliphatic heterocycles. The van der Waals surface area contributed by atoms with Crippen molar-refractivity contribution >= 4 is 11.6 Å². The fourth-order valence-electron chi connectivity index (χ4n) is 2.22. The largest absolute Gasteiger partial charge is 0.495 e. The van der Waals surface area contributed by atoms with Gasteiger partial charge in [0.15, 0.2) is 0 Å². The quantitative estimate of drug-likeness (QED) is 0.701. The Labute approximate surface area is 127 Å². The first-order valence-corrected chi connectivity index (χ1v) is 7.61. The average molecular weight is 300 g/mol. The van der Waals surface area contributed by atoms with Gasteiger partial charge in [-0.1, -0.05) is 31.5 Å². The molecule has 0 spiro atoms. The molecule has 0 radical (unpaired) electrons. The van der Waals surface area contributed by atoms with Gasteiger partial charge in [0.1, 0.15) is 16.5 Å². The molecule has 1 rings (SSSR count). The van der Waals surface area contributed by atoms with Crippen LogP contribution in [0.3, 0.4) is 0 Å². The molecule has 0 saturated heterocycles. The summed E-state index contributed by atoms with van der Waals surface area (Å²) in [6, 6.07) is 3.95. The molecule has 0 amide bonds. The molecule has 0 fully saturated rings. The second-order valence-electron chi connectivity index (χ2n) is 5.06. The lowest BCUT2D eigenvalue weighted by Crippen LogP contribution is -2.16. The van der Waals surface area contributed by atoms with Crippen LogP contribution in [0.5, 0.6) is 11.5 Å². The normalized spacial score (nSPS) is 12.2. The first-order valence-electron chi connectivity index (χ1n) is 7.24. The average Bonchev–Trinajstić information content (AvgIpc) is 2.45. The van der Waals surface area contributed by atoms with Gasteiger partial charge in [0.2, 0.25) is 0 Å². The monoisotopic (exact) mass is 299 g/mol. The molecule has 0 aliphatic carbocycles. The van der Waals surface area contributed by atoms with Gasteiger partial charge in [0, 0.05) is 0 Å². The van der Waals surface area contributed by atoms with E-state index in [2.05, 4.69) is 19.2 Å². The molecule has 1 unspecified atom stereocenters. The number of methoxy groups -OCH3 is 2. The van der Waals surface area contributed by atoms with E-state index in [1.165, 1.54) is 6.42 Å². The number of ether oxygens (including phenoxy) is 2. The molecule has 20 heavy (non-hydrogen) atoms. The third-order valence-electron chi connectivity index (χ3n) is 3.54. The molecule has 0 aliphatic rings. The van der Waals surface area contributed by atoms with Gasteiger partial charge in [-0.2, -0.15) is 0 Å². The van der Waals surface area contributed by atoms with Crippen molar-refractivity contribution in [2.45, 2.75) is 33.1 Å². The molecule has 1 atom stereocenters. The number of hydrogen-bond donors (Lipinski definition) is 1. The van der Waals surface area contributed by atoms with Crippen molar-refractivity contribution in [2.24, 2.45) is 5.92 Å². The number of benzene rings is 1. The van der Waals surface area contributed by atoms with E-state index in [1.54, 1.807) is 14.2 Å². The van der Waals surface area contributed by atoms with Crippen LogP contribution in [0.25, 0.3) is 0 Å². The fraction of sp³-hybridized carbons (Fsp3) is 0.625. The van der Waals surface area contributed by atoms with E-state index in [1.807, 2.05) is 12.1 Å². The number of rotatable bonds is 9. The fourth-order valence-corrected chi connectivity index (χ4v) is 2.56. The van der Waals surface area contributed by atoms with Crippen molar-refractivity contribution < 1.29 is 9.47 Å². The number of nitrogens with one attached hydrogen (secondary N) is 1. The Kier molecular flexibility index (Phi) is 7.78. The number of hydrogen-bond acceptors (Lipinski definition) is 3. The van der Waals surface area contributed by atoms with Crippen molar-refractivity contribution in [3.63, 3.8) is 0 Å². The summed E-state index contributed by atoms with van der Waals surface area (Å²) in [5.41, 5.74) is 1.15. The first-order chi connectivity index (χ1) is 9.63. The molecule has 1 N–H and O–H groups in total. The standard InChI is InChI=1S/C16H26ClNO2/c1-5-18-11-10-12(2)6-7-13-8-9-14(19-3)15(17)16(13)20-4/h8-9,12,18H,5-7,10-11H2,1-4H3. The highest BCUT2D eigenvalue weighted by molar-refractivity contribution is 6.33. The lowest BCUT2D eigenvalue weighted by Gasteiger charge is -2.15. The summed E-state index contributed by atoms with van der Waals surface area (Å²) in [4.78, 5) is 0. The maximum Gasteiger partial charge on any atom is 0.144 e. The topological polar surface area (TPSA) is 30.5 Å². The van der Waals surface area contributed by atoms with E-state index in [-0.39, 0.29) is 0 Å². The van der Waals surface area contributed by atoms with E-state index in [0.29, 0.717) is 16.7 Å². The predicted octanol–water partition coefficient (Wildman–Crippen LogP) is 3.93. The highest BCUT2D eigenvalue weighted by atomic mass is 35.5. The van der Waals surface area contributed by atoms with Crippen LogP contribution in [-0.2, 0) is 6.42 Å². The van der Waals surface area contributed by atoms with E-state index in [0.717, 1.165) is 37.2 Å². The van der Waals surface area contributed by atoms with Gasteiger partial charge in [-0.3, -0.25) is 0 Å². The number of aryl methyl sites for hydroxylation is 1. The third kappa shape index (κ3) is 4.88. The van der Waals surface area contributed by atoms with Crippen LogP contribution in [0.4, 0.5) is 0 Å². The molecule has 0 saturated carbocycles. The van der Waals surface area contributed by atoms with Gasteiger partial charge in [-0.25, -0.2) is 0 Å². The Morgan fingerprint density at radius 1 is 1.20 bits per heavy atom. The van der Waals surface area contributed by atoms with Crippen LogP contribution < -0.4 is 14.8 Å². The summed E-state index contributed by atoms with van der Waals surface area (Å²) in [5.74, 6) is 2.08. The minimum atomic E-state index is 0.563. The predicted molar refractivity (Wildman–Crippen MR) is 85.2 cm³/mol. The lowest BCUT2D eigenvalue weighted by molar-refractivity contribution is 0.389. The summed E-state index contributed by atoms with van der Waals surface area (Å²) in [5, 5.41) is 3.92. The maximum atomic E-state index is 6.27. The van der Waals surface area contributed by atoms with Gasteiger partial charge in [-0.05, 0) is 49.9 Å². The highest BCUT2D eigenvalue weighted by Crippen LogP contribution is 2.37. The van der Waals surface area contributed by atoms with Crippen molar-refractivity contribution in [1.82, 2.24) is 5.32 Å². The Morgan fingerprint density at radius 3 is 2.55 bits per heavy atom. The van der Waals surface area contributed by atoms with Crippen LogP contribution in [0.2, 0.25) is 5.02 Å². The minimum Gasteiger partial charge on any atom is -0.495 e. The molecule has 4 heteroatoms. The minimum absolute atomic E-state index is 0.563. The summed E-state index contributed by atoms with van der Waals surface area (Å²) >= 11 is 6.27. The third-order valence-corrected chi connectivity index (χ3v) is 3.90. The summed E-state index contributed by atoms with van der Waals surface area (Å²) in [6.45, 7) is 6.54. The molecule has 114 valence electrons. The molecule has 1 aromatic rings. The SMILES string of the molecule is CCNCCC(C)CCc1ccc(OC)c(Cl)c1OC. The summed E-state index contributed by atoms with van der Waals surface area (Å²) < 4.78 is 10.6. The van der Waals surface area contributed by atoms with E-state index in [9.17, 15) is 0 Å². The second-order valence-corrected chi connectivity index (χ2v) is 5.44. The van der Waals surface area contributed by atoms with Crippen LogP contribution >= 0.6 is 11.6 Å². The van der Waals surface area contributed by atoms with Gasteiger partial charge >= 0.3 is 0 Å². The zero-order valence-corrected chi connectivity index (χ0v) is 13.7. The van der Waals surface area contributed by atoms with Gasteiger partial charge < -0.3 is 14.8 Å². The second kappa shape index (κ2) is 9.09. The van der Waals surface area contributed by atoms with Crippen LogP contribution in [0.1, 0.15) is 32.3 Å². The van der Waals surface area contributed by atoms with E-state index < -0.39 is 0 Å². The van der Waals surface area contributed by atoms with E-state index in [4.69, 9.17) is 21.1 Å². The zero-order chi connectivity index (χ0) is 15.0. The zero-order valence-electron chi connectivity index (χ0n) is 13.0. The van der Waals surface area contributed by atoms with Crippen molar-refractivity contribution in [3.05, 3.63) is 22.7 Å². The van der Waals surface area contributed by atoms with Crippen LogP contribution in [0, 0.1) is 5.92 Å². The molecule has 0 aromatic heterocycles.